The van der Waals surface area contributed by atoms with Gasteiger partial charge in [-0.1, -0.05) is 35.9 Å². The van der Waals surface area contributed by atoms with Crippen molar-refractivity contribution in [3.05, 3.63) is 70.5 Å². The predicted octanol–water partition coefficient (Wildman–Crippen LogP) is 3.08. The smallest absolute Gasteiger partial charge is 0.333 e. The van der Waals surface area contributed by atoms with E-state index in [1.165, 1.54) is 24.3 Å². The second-order valence-corrected chi connectivity index (χ2v) is 6.88. The molecule has 5 nitrogen and oxygen atoms in total. The van der Waals surface area contributed by atoms with E-state index < -0.39 is 6.03 Å². The molecule has 1 fully saturated rings. The van der Waals surface area contributed by atoms with Crippen molar-refractivity contribution >= 4 is 23.5 Å². The molecule has 1 saturated carbocycles. The van der Waals surface area contributed by atoms with Crippen molar-refractivity contribution in [3.8, 4) is 0 Å². The van der Waals surface area contributed by atoms with Gasteiger partial charge in [0.25, 0.3) is 0 Å². The minimum atomic E-state index is -0.474. The lowest BCUT2D eigenvalue weighted by Gasteiger charge is -2.17. The largest absolute Gasteiger partial charge is 0.336 e. The number of amides is 3. The standard InChI is InChI=1S/C19H19ClFN3O2/c20-15-5-3-14(4-6-15)19(9-10-19)12-22-18(26)24-23-17(25)11-13-1-7-16(21)8-2-13/h1-8H,9-12H2,(H,23,25)(H2,22,24,26). The van der Waals surface area contributed by atoms with E-state index in [9.17, 15) is 14.0 Å². The Morgan fingerprint density at radius 1 is 1.00 bits per heavy atom. The fourth-order valence-corrected chi connectivity index (χ4v) is 2.90. The molecular weight excluding hydrogens is 357 g/mol. The van der Waals surface area contributed by atoms with Crippen LogP contribution in [0.5, 0.6) is 0 Å². The number of hydrazine groups is 1. The molecule has 0 unspecified atom stereocenters. The summed E-state index contributed by atoms with van der Waals surface area (Å²) in [4.78, 5) is 23.7. The Labute approximate surface area is 155 Å². The van der Waals surface area contributed by atoms with Crippen LogP contribution in [0.1, 0.15) is 24.0 Å². The molecule has 0 heterocycles. The van der Waals surface area contributed by atoms with Gasteiger partial charge in [-0.2, -0.15) is 0 Å². The van der Waals surface area contributed by atoms with Crippen LogP contribution in [0.25, 0.3) is 0 Å². The van der Waals surface area contributed by atoms with E-state index >= 15 is 0 Å². The molecule has 0 aliphatic heterocycles. The average molecular weight is 376 g/mol. The van der Waals surface area contributed by atoms with Crippen molar-refractivity contribution in [2.24, 2.45) is 0 Å². The second kappa shape index (κ2) is 7.74. The molecule has 0 bridgehead atoms. The number of halogens is 2. The van der Waals surface area contributed by atoms with Crippen molar-refractivity contribution in [2.45, 2.75) is 24.7 Å². The Kier molecular flexibility index (Phi) is 5.42. The lowest BCUT2D eigenvalue weighted by atomic mass is 9.96. The minimum Gasteiger partial charge on any atom is -0.336 e. The Hall–Kier alpha value is -2.60. The van der Waals surface area contributed by atoms with E-state index in [4.69, 9.17) is 11.6 Å². The SMILES string of the molecule is O=C(Cc1ccc(F)cc1)NNC(=O)NCC1(c2ccc(Cl)cc2)CC1. The summed E-state index contributed by atoms with van der Waals surface area (Å²) in [7, 11) is 0. The molecule has 3 rings (SSSR count). The fraction of sp³-hybridized carbons (Fsp3) is 0.263. The van der Waals surface area contributed by atoms with E-state index in [0.717, 1.165) is 18.4 Å². The maximum atomic E-state index is 12.8. The number of hydrogen-bond donors (Lipinski definition) is 3. The second-order valence-electron chi connectivity index (χ2n) is 6.45. The van der Waals surface area contributed by atoms with Gasteiger partial charge in [-0.15, -0.1) is 0 Å². The summed E-state index contributed by atoms with van der Waals surface area (Å²) < 4.78 is 12.8. The highest BCUT2D eigenvalue weighted by Crippen LogP contribution is 2.47. The van der Waals surface area contributed by atoms with Crippen LogP contribution >= 0.6 is 11.6 Å². The van der Waals surface area contributed by atoms with Gasteiger partial charge in [-0.25, -0.2) is 14.6 Å². The molecule has 1 aliphatic rings. The zero-order valence-electron chi connectivity index (χ0n) is 14.0. The van der Waals surface area contributed by atoms with Gasteiger partial charge < -0.3 is 5.32 Å². The van der Waals surface area contributed by atoms with Crippen LogP contribution in [-0.4, -0.2) is 18.5 Å². The third-order valence-corrected chi connectivity index (χ3v) is 4.74. The average Bonchev–Trinajstić information content (AvgIpc) is 3.42. The zero-order valence-corrected chi connectivity index (χ0v) is 14.8. The maximum absolute atomic E-state index is 12.8. The van der Waals surface area contributed by atoms with Crippen LogP contribution in [0.15, 0.2) is 48.5 Å². The van der Waals surface area contributed by atoms with Crippen LogP contribution in [0, 0.1) is 5.82 Å². The highest BCUT2D eigenvalue weighted by Gasteiger charge is 2.44. The highest BCUT2D eigenvalue weighted by atomic mass is 35.5. The molecule has 3 amide bonds. The van der Waals surface area contributed by atoms with Crippen molar-refractivity contribution < 1.29 is 14.0 Å². The van der Waals surface area contributed by atoms with Gasteiger partial charge in [-0.3, -0.25) is 10.2 Å². The third-order valence-electron chi connectivity index (χ3n) is 4.49. The van der Waals surface area contributed by atoms with Gasteiger partial charge in [0.1, 0.15) is 5.82 Å². The number of rotatable bonds is 5. The van der Waals surface area contributed by atoms with Gasteiger partial charge in [0.2, 0.25) is 5.91 Å². The maximum Gasteiger partial charge on any atom is 0.333 e. The van der Waals surface area contributed by atoms with Crippen LogP contribution < -0.4 is 16.2 Å². The molecule has 7 heteroatoms. The van der Waals surface area contributed by atoms with Crippen LogP contribution in [0.2, 0.25) is 5.02 Å². The summed E-state index contributed by atoms with van der Waals surface area (Å²) >= 11 is 5.91. The Balaban J connectivity index is 1.42. The molecule has 26 heavy (non-hydrogen) atoms. The van der Waals surface area contributed by atoms with Crippen molar-refractivity contribution in [1.82, 2.24) is 16.2 Å². The van der Waals surface area contributed by atoms with Gasteiger partial charge >= 0.3 is 6.03 Å². The summed E-state index contributed by atoms with van der Waals surface area (Å²) in [5, 5.41) is 3.46. The van der Waals surface area contributed by atoms with Gasteiger partial charge in [-0.05, 0) is 48.2 Å². The number of nitrogens with one attached hydrogen (secondary N) is 3. The molecule has 0 atom stereocenters. The molecule has 0 radical (unpaired) electrons. The van der Waals surface area contributed by atoms with E-state index in [-0.39, 0.29) is 23.6 Å². The monoisotopic (exact) mass is 375 g/mol. The first-order valence-electron chi connectivity index (χ1n) is 8.30. The van der Waals surface area contributed by atoms with Crippen molar-refractivity contribution in [1.29, 1.82) is 0 Å². The Bertz CT molecular complexity index is 789. The number of hydrogen-bond acceptors (Lipinski definition) is 2. The van der Waals surface area contributed by atoms with Crippen LogP contribution in [-0.2, 0) is 16.6 Å². The van der Waals surface area contributed by atoms with E-state index in [1.54, 1.807) is 0 Å². The molecule has 0 aromatic heterocycles. The normalized spacial score (nSPS) is 14.4. The summed E-state index contributed by atoms with van der Waals surface area (Å²) in [5.74, 6) is -0.744. The highest BCUT2D eigenvalue weighted by molar-refractivity contribution is 6.30. The quantitative estimate of drug-likeness (QED) is 0.703. The number of carbonyl (C=O) groups excluding carboxylic acids is 2. The van der Waals surface area contributed by atoms with Gasteiger partial charge in [0, 0.05) is 17.0 Å². The Morgan fingerprint density at radius 3 is 2.27 bits per heavy atom. The minimum absolute atomic E-state index is 0.0509. The van der Waals surface area contributed by atoms with Crippen LogP contribution in [0.4, 0.5) is 9.18 Å². The zero-order chi connectivity index (χ0) is 18.6. The molecular formula is C19H19ClFN3O2. The number of urea groups is 1. The van der Waals surface area contributed by atoms with Crippen LogP contribution in [0.3, 0.4) is 0 Å². The van der Waals surface area contributed by atoms with Gasteiger partial charge in [0.15, 0.2) is 0 Å². The number of benzene rings is 2. The van der Waals surface area contributed by atoms with E-state index in [2.05, 4.69) is 16.2 Å². The molecule has 136 valence electrons. The number of carbonyl (C=O) groups is 2. The molecule has 1 aliphatic carbocycles. The first kappa shape index (κ1) is 18.2. The molecule has 2 aromatic rings. The topological polar surface area (TPSA) is 70.2 Å². The van der Waals surface area contributed by atoms with E-state index in [0.29, 0.717) is 17.1 Å². The molecule has 3 N–H and O–H groups in total. The summed E-state index contributed by atoms with van der Waals surface area (Å²) in [6, 6.07) is 12.8. The lowest BCUT2D eigenvalue weighted by Crippen LogP contribution is -2.48. The molecule has 2 aromatic carbocycles. The fourth-order valence-electron chi connectivity index (χ4n) is 2.77. The van der Waals surface area contributed by atoms with Crippen molar-refractivity contribution in [3.63, 3.8) is 0 Å². The summed E-state index contributed by atoms with van der Waals surface area (Å²) in [5.41, 5.74) is 6.41. The molecule has 0 saturated heterocycles. The summed E-state index contributed by atoms with van der Waals surface area (Å²) in [6.45, 7) is 0.480. The third kappa shape index (κ3) is 4.73. The summed E-state index contributed by atoms with van der Waals surface area (Å²) in [6.07, 6.45) is 2.03. The van der Waals surface area contributed by atoms with E-state index in [1.807, 2.05) is 24.3 Å². The van der Waals surface area contributed by atoms with Crippen molar-refractivity contribution in [2.75, 3.05) is 6.54 Å². The molecule has 0 spiro atoms. The first-order chi connectivity index (χ1) is 12.5. The lowest BCUT2D eigenvalue weighted by molar-refractivity contribution is -0.121. The first-order valence-corrected chi connectivity index (χ1v) is 8.68. The Morgan fingerprint density at radius 2 is 1.65 bits per heavy atom. The van der Waals surface area contributed by atoms with Gasteiger partial charge in [0.05, 0.1) is 6.42 Å². The predicted molar refractivity (Wildman–Crippen MR) is 97.1 cm³/mol.